The average Bonchev–Trinajstić information content (AvgIpc) is 2.57. The molecule has 5 N–H and O–H groups in total. The zero-order valence-corrected chi connectivity index (χ0v) is 12.7. The number of phenolic OH excluding ortho intramolecular Hbond substituents is 5. The molecule has 5 heteroatoms. The van der Waals surface area contributed by atoms with E-state index in [4.69, 9.17) is 0 Å². The fourth-order valence-corrected chi connectivity index (χ4v) is 3.26. The molecule has 5 nitrogen and oxygen atoms in total. The van der Waals surface area contributed by atoms with Gasteiger partial charge in [-0.15, -0.1) is 0 Å². The van der Waals surface area contributed by atoms with E-state index in [1.54, 1.807) is 25.1 Å². The van der Waals surface area contributed by atoms with Crippen molar-refractivity contribution in [1.29, 1.82) is 0 Å². The van der Waals surface area contributed by atoms with E-state index in [2.05, 4.69) is 0 Å². The van der Waals surface area contributed by atoms with Crippen LogP contribution < -0.4 is 0 Å². The van der Waals surface area contributed by atoms with Gasteiger partial charge in [0.1, 0.15) is 11.5 Å². The normalized spacial score (nSPS) is 11.5. The van der Waals surface area contributed by atoms with Crippen molar-refractivity contribution >= 4 is 32.3 Å². The monoisotopic (exact) mass is 322 g/mol. The van der Waals surface area contributed by atoms with Crippen LogP contribution in [0.2, 0.25) is 0 Å². The van der Waals surface area contributed by atoms with Gasteiger partial charge in [-0.3, -0.25) is 0 Å². The Morgan fingerprint density at radius 2 is 1.29 bits per heavy atom. The fraction of sp³-hybridized carbons (Fsp3) is 0.0526. The van der Waals surface area contributed by atoms with Gasteiger partial charge >= 0.3 is 0 Å². The molecule has 0 aliphatic rings. The summed E-state index contributed by atoms with van der Waals surface area (Å²) in [6.07, 6.45) is 0. The quantitative estimate of drug-likeness (QED) is 0.249. The Hall–Kier alpha value is -3.34. The molecule has 4 aromatic rings. The zero-order chi connectivity index (χ0) is 17.2. The third-order valence-electron chi connectivity index (χ3n) is 4.54. The molecule has 24 heavy (non-hydrogen) atoms. The second-order valence-corrected chi connectivity index (χ2v) is 5.86. The summed E-state index contributed by atoms with van der Waals surface area (Å²) in [5, 5.41) is 53.7. The predicted octanol–water partition coefficient (Wildman–Crippen LogP) is 3.98. The van der Waals surface area contributed by atoms with Crippen molar-refractivity contribution in [2.75, 3.05) is 0 Å². The summed E-state index contributed by atoms with van der Waals surface area (Å²) in [5.74, 6) is -2.22. The molecule has 4 rings (SSSR count). The van der Waals surface area contributed by atoms with Gasteiger partial charge in [0, 0.05) is 10.9 Å². The van der Waals surface area contributed by atoms with Crippen LogP contribution >= 0.6 is 0 Å². The highest BCUT2D eigenvalue weighted by molar-refractivity contribution is 6.16. The first-order valence-corrected chi connectivity index (χ1v) is 7.35. The molecule has 120 valence electrons. The van der Waals surface area contributed by atoms with E-state index in [0.717, 1.165) is 5.39 Å². The number of hydrogen-bond acceptors (Lipinski definition) is 5. The molecule has 4 aromatic carbocycles. The Balaban J connectivity index is 2.34. The molecule has 0 spiro atoms. The minimum absolute atomic E-state index is 0.0131. The Labute approximate surface area is 136 Å². The van der Waals surface area contributed by atoms with Gasteiger partial charge in [-0.1, -0.05) is 24.3 Å². The minimum Gasteiger partial charge on any atom is -0.507 e. The lowest BCUT2D eigenvalue weighted by Crippen LogP contribution is -1.87. The molecule has 0 aromatic heterocycles. The average molecular weight is 322 g/mol. The summed E-state index contributed by atoms with van der Waals surface area (Å²) in [7, 11) is 0. The van der Waals surface area contributed by atoms with Crippen molar-refractivity contribution in [2.45, 2.75) is 6.92 Å². The van der Waals surface area contributed by atoms with Crippen molar-refractivity contribution in [3.63, 3.8) is 0 Å². The molecule has 0 unspecified atom stereocenters. The molecular weight excluding hydrogens is 308 g/mol. The highest BCUT2D eigenvalue weighted by Crippen LogP contribution is 2.51. The number of benzene rings is 4. The van der Waals surface area contributed by atoms with Crippen LogP contribution in [0.4, 0.5) is 0 Å². The maximum atomic E-state index is 10.7. The summed E-state index contributed by atoms with van der Waals surface area (Å²) >= 11 is 0. The Kier molecular flexibility index (Phi) is 2.72. The van der Waals surface area contributed by atoms with Crippen molar-refractivity contribution in [3.05, 3.63) is 42.0 Å². The molecule has 0 radical (unpaired) electrons. The molecular formula is C19H14O5. The number of aryl methyl sites for hydroxylation is 1. The van der Waals surface area contributed by atoms with E-state index >= 15 is 0 Å². The van der Waals surface area contributed by atoms with Gasteiger partial charge in [0.05, 0.1) is 10.8 Å². The van der Waals surface area contributed by atoms with E-state index in [1.165, 1.54) is 0 Å². The van der Waals surface area contributed by atoms with Crippen molar-refractivity contribution in [1.82, 2.24) is 0 Å². The molecule has 0 amide bonds. The lowest BCUT2D eigenvalue weighted by Gasteiger charge is -2.15. The van der Waals surface area contributed by atoms with E-state index in [0.29, 0.717) is 21.7 Å². The largest absolute Gasteiger partial charge is 0.507 e. The third kappa shape index (κ3) is 1.64. The molecule has 0 aliphatic heterocycles. The highest BCUT2D eigenvalue weighted by atomic mass is 16.3. The first kappa shape index (κ1) is 14.3. The first-order chi connectivity index (χ1) is 11.4. The van der Waals surface area contributed by atoms with Gasteiger partial charge in [0.15, 0.2) is 11.5 Å². The summed E-state index contributed by atoms with van der Waals surface area (Å²) in [6, 6.07) is 10.7. The smallest absolute Gasteiger partial charge is 0.201 e. The lowest BCUT2D eigenvalue weighted by molar-refractivity contribution is 0.368. The maximum Gasteiger partial charge on any atom is 0.201 e. The van der Waals surface area contributed by atoms with Gasteiger partial charge in [-0.25, -0.2) is 0 Å². The van der Waals surface area contributed by atoms with Crippen molar-refractivity contribution in [3.8, 4) is 28.7 Å². The van der Waals surface area contributed by atoms with Crippen LogP contribution in [0.5, 0.6) is 28.7 Å². The van der Waals surface area contributed by atoms with Crippen molar-refractivity contribution in [2.24, 2.45) is 0 Å². The topological polar surface area (TPSA) is 101 Å². The first-order valence-electron chi connectivity index (χ1n) is 7.35. The second-order valence-electron chi connectivity index (χ2n) is 5.86. The van der Waals surface area contributed by atoms with Crippen LogP contribution in [0.3, 0.4) is 0 Å². The summed E-state index contributed by atoms with van der Waals surface area (Å²) in [6.45, 7) is 1.57. The molecule has 0 aliphatic carbocycles. The predicted molar refractivity (Wildman–Crippen MR) is 92.0 cm³/mol. The zero-order valence-electron chi connectivity index (χ0n) is 12.7. The van der Waals surface area contributed by atoms with E-state index < -0.39 is 17.2 Å². The van der Waals surface area contributed by atoms with E-state index in [9.17, 15) is 25.5 Å². The van der Waals surface area contributed by atoms with Gasteiger partial charge in [-0.05, 0) is 35.2 Å². The SMILES string of the molecule is Cc1c(O)c(O)c(O)c2c(O)c3c(O)c4ccccc4cc3cc12. The van der Waals surface area contributed by atoms with Crippen LogP contribution in [0.25, 0.3) is 32.3 Å². The van der Waals surface area contributed by atoms with Crippen LogP contribution in [-0.4, -0.2) is 25.5 Å². The number of hydrogen-bond donors (Lipinski definition) is 5. The van der Waals surface area contributed by atoms with Crippen LogP contribution in [0.1, 0.15) is 5.56 Å². The highest BCUT2D eigenvalue weighted by Gasteiger charge is 2.22. The van der Waals surface area contributed by atoms with Crippen LogP contribution in [0, 0.1) is 6.92 Å². The number of phenols is 5. The molecule has 0 heterocycles. The Morgan fingerprint density at radius 1 is 0.583 bits per heavy atom. The van der Waals surface area contributed by atoms with Crippen LogP contribution in [-0.2, 0) is 0 Å². The maximum absolute atomic E-state index is 10.7. The molecule has 0 fully saturated rings. The number of aromatic hydroxyl groups is 5. The van der Waals surface area contributed by atoms with Crippen LogP contribution in [0.15, 0.2) is 36.4 Å². The van der Waals surface area contributed by atoms with Gasteiger partial charge in [0.25, 0.3) is 0 Å². The Bertz CT molecular complexity index is 1160. The summed E-state index contributed by atoms with van der Waals surface area (Å²) in [5.41, 5.74) is 0.324. The lowest BCUT2D eigenvalue weighted by atomic mass is 9.94. The molecule has 0 bridgehead atoms. The minimum atomic E-state index is -0.699. The molecule has 0 saturated heterocycles. The summed E-state index contributed by atoms with van der Waals surface area (Å²) in [4.78, 5) is 0. The number of fused-ring (bicyclic) bond motifs is 3. The fourth-order valence-electron chi connectivity index (χ4n) is 3.26. The molecule has 0 saturated carbocycles. The van der Waals surface area contributed by atoms with Gasteiger partial charge in [0.2, 0.25) is 5.75 Å². The second kappa shape index (κ2) is 4.58. The standard InChI is InChI=1S/C19H14O5/c1-8-12-7-10-6-9-4-2-3-5-11(9)16(21)13(10)17(22)14(12)18(23)19(24)15(8)20/h2-7,20-24H,1H3. The Morgan fingerprint density at radius 3 is 2.04 bits per heavy atom. The summed E-state index contributed by atoms with van der Waals surface area (Å²) < 4.78 is 0. The van der Waals surface area contributed by atoms with E-state index in [-0.39, 0.29) is 22.3 Å². The van der Waals surface area contributed by atoms with Gasteiger partial charge in [-0.2, -0.15) is 0 Å². The van der Waals surface area contributed by atoms with E-state index in [1.807, 2.05) is 18.2 Å². The third-order valence-corrected chi connectivity index (χ3v) is 4.54. The molecule has 0 atom stereocenters. The van der Waals surface area contributed by atoms with Gasteiger partial charge < -0.3 is 25.5 Å². The van der Waals surface area contributed by atoms with Crippen molar-refractivity contribution < 1.29 is 25.5 Å². The number of rotatable bonds is 0.